The van der Waals surface area contributed by atoms with Gasteiger partial charge in [-0.05, 0) is 49.8 Å². The number of aromatic nitrogens is 1. The standard InChI is InChI=1S/C16H11Cl2N3/c1-10-5-13(6-12(8-19)9-20)11(2)21(10)14-3-4-15(17)16(18)7-14/h3-7H,1-2H3. The largest absolute Gasteiger partial charge is 0.318 e. The van der Waals surface area contributed by atoms with Crippen LogP contribution in [0.3, 0.4) is 0 Å². The molecule has 21 heavy (non-hydrogen) atoms. The zero-order valence-electron chi connectivity index (χ0n) is 11.5. The lowest BCUT2D eigenvalue weighted by Gasteiger charge is -2.10. The number of rotatable bonds is 2. The van der Waals surface area contributed by atoms with E-state index in [2.05, 4.69) is 0 Å². The van der Waals surface area contributed by atoms with Crippen LogP contribution in [-0.4, -0.2) is 4.57 Å². The Bertz CT molecular complexity index is 801. The van der Waals surface area contributed by atoms with Gasteiger partial charge in [-0.1, -0.05) is 23.2 Å². The van der Waals surface area contributed by atoms with Crippen LogP contribution in [0.15, 0.2) is 29.8 Å². The van der Waals surface area contributed by atoms with Crippen LogP contribution in [0.4, 0.5) is 0 Å². The van der Waals surface area contributed by atoms with Crippen LogP contribution in [0.1, 0.15) is 17.0 Å². The highest BCUT2D eigenvalue weighted by atomic mass is 35.5. The fourth-order valence-electron chi connectivity index (χ4n) is 2.20. The van der Waals surface area contributed by atoms with Crippen LogP contribution in [0.5, 0.6) is 0 Å². The van der Waals surface area contributed by atoms with Gasteiger partial charge in [0.15, 0.2) is 0 Å². The van der Waals surface area contributed by atoms with Gasteiger partial charge in [0.05, 0.1) is 10.0 Å². The molecule has 3 nitrogen and oxygen atoms in total. The van der Waals surface area contributed by atoms with Gasteiger partial charge in [0, 0.05) is 17.1 Å². The molecule has 0 N–H and O–H groups in total. The number of benzene rings is 1. The van der Waals surface area contributed by atoms with Gasteiger partial charge in [-0.15, -0.1) is 0 Å². The molecule has 0 spiro atoms. The fourth-order valence-corrected chi connectivity index (χ4v) is 2.49. The average Bonchev–Trinajstić information content (AvgIpc) is 2.74. The molecule has 1 aromatic carbocycles. The van der Waals surface area contributed by atoms with E-state index < -0.39 is 0 Å². The van der Waals surface area contributed by atoms with Gasteiger partial charge in [-0.2, -0.15) is 10.5 Å². The van der Waals surface area contributed by atoms with Crippen LogP contribution in [0.2, 0.25) is 10.0 Å². The normalized spacial score (nSPS) is 9.81. The molecule has 2 aromatic rings. The van der Waals surface area contributed by atoms with Crippen LogP contribution in [0.25, 0.3) is 11.8 Å². The van der Waals surface area contributed by atoms with Gasteiger partial charge in [0.2, 0.25) is 0 Å². The molecule has 0 saturated carbocycles. The summed E-state index contributed by atoms with van der Waals surface area (Å²) in [5.41, 5.74) is 3.69. The van der Waals surface area contributed by atoms with Crippen molar-refractivity contribution in [1.29, 1.82) is 10.5 Å². The Morgan fingerprint density at radius 1 is 1.10 bits per heavy atom. The van der Waals surface area contributed by atoms with Gasteiger partial charge < -0.3 is 4.57 Å². The van der Waals surface area contributed by atoms with Crippen molar-refractivity contribution in [2.45, 2.75) is 13.8 Å². The maximum absolute atomic E-state index is 8.86. The Morgan fingerprint density at radius 2 is 1.76 bits per heavy atom. The van der Waals surface area contributed by atoms with Crippen molar-refractivity contribution >= 4 is 29.3 Å². The topological polar surface area (TPSA) is 52.5 Å². The molecule has 1 aromatic heterocycles. The van der Waals surface area contributed by atoms with Crippen molar-refractivity contribution < 1.29 is 0 Å². The summed E-state index contributed by atoms with van der Waals surface area (Å²) >= 11 is 12.0. The van der Waals surface area contributed by atoms with Gasteiger partial charge in [0.25, 0.3) is 0 Å². The molecule has 0 amide bonds. The van der Waals surface area contributed by atoms with E-state index in [4.69, 9.17) is 33.7 Å². The Balaban J connectivity index is 2.60. The SMILES string of the molecule is Cc1cc(C=C(C#N)C#N)c(C)n1-c1ccc(Cl)c(Cl)c1. The van der Waals surface area contributed by atoms with Crippen molar-refractivity contribution in [1.82, 2.24) is 4.57 Å². The lowest BCUT2D eigenvalue weighted by molar-refractivity contribution is 0.964. The maximum Gasteiger partial charge on any atom is 0.130 e. The van der Waals surface area contributed by atoms with E-state index in [1.165, 1.54) is 0 Å². The Kier molecular flexibility index (Phi) is 4.38. The number of hydrogen-bond donors (Lipinski definition) is 0. The highest BCUT2D eigenvalue weighted by molar-refractivity contribution is 6.42. The molecule has 0 aliphatic rings. The summed E-state index contributed by atoms with van der Waals surface area (Å²) < 4.78 is 2.00. The van der Waals surface area contributed by atoms with E-state index in [1.807, 2.05) is 42.7 Å². The minimum atomic E-state index is 0.0735. The fraction of sp³-hybridized carbons (Fsp3) is 0.125. The average molecular weight is 316 g/mol. The summed E-state index contributed by atoms with van der Waals surface area (Å²) in [4.78, 5) is 0. The molecule has 0 unspecified atom stereocenters. The third-order valence-corrected chi connectivity index (χ3v) is 3.91. The molecule has 0 bridgehead atoms. The van der Waals surface area contributed by atoms with Crippen molar-refractivity contribution in [3.05, 3.63) is 56.8 Å². The monoisotopic (exact) mass is 315 g/mol. The van der Waals surface area contributed by atoms with Crippen molar-refractivity contribution in [3.8, 4) is 17.8 Å². The molecular formula is C16H11Cl2N3. The summed E-state index contributed by atoms with van der Waals surface area (Å²) in [5, 5.41) is 18.7. The number of allylic oxidation sites excluding steroid dienone is 1. The molecule has 104 valence electrons. The van der Waals surface area contributed by atoms with Gasteiger partial charge in [0.1, 0.15) is 17.7 Å². The summed E-state index contributed by atoms with van der Waals surface area (Å²) in [6.07, 6.45) is 1.58. The highest BCUT2D eigenvalue weighted by Gasteiger charge is 2.11. The van der Waals surface area contributed by atoms with E-state index in [0.29, 0.717) is 10.0 Å². The molecule has 0 radical (unpaired) electrons. The first-order valence-electron chi connectivity index (χ1n) is 6.14. The second-order valence-electron chi connectivity index (χ2n) is 4.54. The van der Waals surface area contributed by atoms with E-state index in [-0.39, 0.29) is 5.57 Å². The lowest BCUT2D eigenvalue weighted by Crippen LogP contribution is -1.99. The van der Waals surface area contributed by atoms with Gasteiger partial charge in [-0.3, -0.25) is 0 Å². The van der Waals surface area contributed by atoms with E-state index in [0.717, 1.165) is 22.6 Å². The van der Waals surface area contributed by atoms with Crippen molar-refractivity contribution in [2.24, 2.45) is 0 Å². The summed E-state index contributed by atoms with van der Waals surface area (Å²) in [6.45, 7) is 3.87. The Labute approximate surface area is 133 Å². The molecule has 2 rings (SSSR count). The zero-order chi connectivity index (χ0) is 15.6. The summed E-state index contributed by atoms with van der Waals surface area (Å²) in [5.74, 6) is 0. The third-order valence-electron chi connectivity index (χ3n) is 3.17. The zero-order valence-corrected chi connectivity index (χ0v) is 13.0. The van der Waals surface area contributed by atoms with E-state index in [9.17, 15) is 0 Å². The number of aryl methyl sites for hydroxylation is 1. The number of halogens is 2. The summed E-state index contributed by atoms with van der Waals surface area (Å²) in [7, 11) is 0. The molecule has 1 heterocycles. The minimum Gasteiger partial charge on any atom is -0.318 e. The van der Waals surface area contributed by atoms with Crippen LogP contribution in [-0.2, 0) is 0 Å². The second kappa shape index (κ2) is 6.06. The Hall–Kier alpha value is -2.20. The first kappa shape index (κ1) is 15.2. The molecule has 0 saturated heterocycles. The molecule has 0 aliphatic carbocycles. The second-order valence-corrected chi connectivity index (χ2v) is 5.36. The van der Waals surface area contributed by atoms with Crippen LogP contribution < -0.4 is 0 Å². The van der Waals surface area contributed by atoms with E-state index >= 15 is 0 Å². The van der Waals surface area contributed by atoms with Crippen molar-refractivity contribution in [2.75, 3.05) is 0 Å². The van der Waals surface area contributed by atoms with Crippen molar-refractivity contribution in [3.63, 3.8) is 0 Å². The van der Waals surface area contributed by atoms with Gasteiger partial charge in [-0.25, -0.2) is 0 Å². The van der Waals surface area contributed by atoms with Crippen LogP contribution in [0, 0.1) is 36.5 Å². The number of hydrogen-bond acceptors (Lipinski definition) is 2. The Morgan fingerprint density at radius 3 is 2.33 bits per heavy atom. The minimum absolute atomic E-state index is 0.0735. The quantitative estimate of drug-likeness (QED) is 0.745. The lowest BCUT2D eigenvalue weighted by atomic mass is 10.1. The smallest absolute Gasteiger partial charge is 0.130 e. The molecule has 0 atom stereocenters. The molecule has 5 heteroatoms. The number of nitrogens with zero attached hydrogens (tertiary/aromatic N) is 3. The summed E-state index contributed by atoms with van der Waals surface area (Å²) in [6, 6.07) is 11.0. The third kappa shape index (κ3) is 2.95. The number of nitriles is 2. The predicted octanol–water partition coefficient (Wildman–Crippen LogP) is 4.83. The highest BCUT2D eigenvalue weighted by Crippen LogP contribution is 2.28. The molecule has 0 fully saturated rings. The molecular weight excluding hydrogens is 305 g/mol. The molecule has 0 aliphatic heterocycles. The van der Waals surface area contributed by atoms with E-state index in [1.54, 1.807) is 18.2 Å². The predicted molar refractivity (Wildman–Crippen MR) is 84.5 cm³/mol. The first-order chi connectivity index (χ1) is 9.97. The first-order valence-corrected chi connectivity index (χ1v) is 6.89. The van der Waals surface area contributed by atoms with Gasteiger partial charge >= 0.3 is 0 Å². The van der Waals surface area contributed by atoms with Crippen LogP contribution >= 0.6 is 23.2 Å². The maximum atomic E-state index is 8.86.